The van der Waals surface area contributed by atoms with Gasteiger partial charge in [-0.3, -0.25) is 29.3 Å². The Kier molecular flexibility index (Phi) is 12.1. The number of carboxylic acids is 2. The number of thioether (sulfide) groups is 1. The zero-order chi connectivity index (χ0) is 26.5. The topological polar surface area (TPSA) is 248 Å². The minimum Gasteiger partial charge on any atom is -0.480 e. The van der Waals surface area contributed by atoms with Crippen LogP contribution in [0.2, 0.25) is 0 Å². The van der Waals surface area contributed by atoms with E-state index in [9.17, 15) is 34.1 Å². The molecule has 0 spiro atoms. The predicted molar refractivity (Wildman–Crippen MR) is 119 cm³/mol. The van der Waals surface area contributed by atoms with E-state index >= 15 is 0 Å². The molecule has 7 N–H and O–H groups in total. The van der Waals surface area contributed by atoms with Crippen LogP contribution in [-0.4, -0.2) is 87.6 Å². The molecule has 0 saturated heterocycles. The van der Waals surface area contributed by atoms with Gasteiger partial charge >= 0.3 is 17.9 Å². The zero-order valence-corrected chi connectivity index (χ0v) is 19.0. The molecule has 1 aromatic rings. The molecule has 0 radical (unpaired) electrons. The van der Waals surface area contributed by atoms with Gasteiger partial charge in [-0.05, 0) is 18.6 Å². The van der Waals surface area contributed by atoms with Gasteiger partial charge in [0.15, 0.2) is 0 Å². The maximum atomic E-state index is 12.4. The summed E-state index contributed by atoms with van der Waals surface area (Å²) in [5.41, 5.74) is 4.70. The van der Waals surface area contributed by atoms with Gasteiger partial charge in [-0.2, -0.15) is 0 Å². The number of hydrogen-bond acceptors (Lipinski definition) is 11. The molecule has 2 atom stereocenters. The summed E-state index contributed by atoms with van der Waals surface area (Å²) in [5, 5.41) is 42.1. The molecule has 0 heterocycles. The SMILES string of the molecule is N[C@@H](CCC(=O)N[C@@H](CSc1ccc(C(=O)OCCO)cc1[N+](=O)[O-])C(=O)NCC(=O)O)C(=O)O. The summed E-state index contributed by atoms with van der Waals surface area (Å²) >= 11 is 0.780. The lowest BCUT2D eigenvalue weighted by Crippen LogP contribution is -2.49. The maximum Gasteiger partial charge on any atom is 0.338 e. The van der Waals surface area contributed by atoms with Gasteiger partial charge in [0.25, 0.3) is 5.69 Å². The van der Waals surface area contributed by atoms with Gasteiger partial charge in [0.2, 0.25) is 11.8 Å². The van der Waals surface area contributed by atoms with Crippen LogP contribution in [0.4, 0.5) is 5.69 Å². The molecule has 0 unspecified atom stereocenters. The number of rotatable bonds is 15. The number of nitro groups is 1. The minimum atomic E-state index is -1.34. The standard InChI is InChI=1S/C19H24N4O11S/c20-11(18(29)30)2-4-15(25)22-12(17(28)21-8-16(26)27)9-35-14-3-1-10(7-13(14)23(32)33)19(31)34-6-5-24/h1,3,7,11-12,24H,2,4-6,8-9,20H2,(H,21,28)(H,22,25)(H,26,27)(H,29,30)/t11-,12-/m0/s1. The van der Waals surface area contributed by atoms with Crippen LogP contribution in [0.3, 0.4) is 0 Å². The van der Waals surface area contributed by atoms with Gasteiger partial charge in [0, 0.05) is 18.2 Å². The van der Waals surface area contributed by atoms with Gasteiger partial charge in [-0.1, -0.05) is 0 Å². The van der Waals surface area contributed by atoms with Gasteiger partial charge in [0.1, 0.15) is 25.2 Å². The lowest BCUT2D eigenvalue weighted by Gasteiger charge is -2.18. The van der Waals surface area contributed by atoms with E-state index in [4.69, 9.17) is 25.8 Å². The molecule has 0 aromatic heterocycles. The van der Waals surface area contributed by atoms with E-state index in [1.165, 1.54) is 12.1 Å². The molecular formula is C19H24N4O11S. The van der Waals surface area contributed by atoms with Crippen LogP contribution in [0.1, 0.15) is 23.2 Å². The van der Waals surface area contributed by atoms with Crippen molar-refractivity contribution < 1.29 is 49.0 Å². The van der Waals surface area contributed by atoms with Crippen molar-refractivity contribution in [2.45, 2.75) is 29.8 Å². The van der Waals surface area contributed by atoms with Crippen LogP contribution >= 0.6 is 11.8 Å². The average Bonchev–Trinajstić information content (AvgIpc) is 2.81. The van der Waals surface area contributed by atoms with Gasteiger partial charge in [-0.25, -0.2) is 4.79 Å². The smallest absolute Gasteiger partial charge is 0.338 e. The summed E-state index contributed by atoms with van der Waals surface area (Å²) in [6.07, 6.45) is -0.567. The van der Waals surface area contributed by atoms with Crippen LogP contribution in [-0.2, 0) is 23.9 Å². The molecule has 2 amide bonds. The Morgan fingerprint density at radius 2 is 1.89 bits per heavy atom. The minimum absolute atomic E-state index is 0.0342. The Morgan fingerprint density at radius 3 is 2.46 bits per heavy atom. The maximum absolute atomic E-state index is 12.4. The summed E-state index contributed by atoms with van der Waals surface area (Å²) in [7, 11) is 0. The zero-order valence-electron chi connectivity index (χ0n) is 18.2. The van der Waals surface area contributed by atoms with Crippen LogP contribution in [0.15, 0.2) is 23.1 Å². The summed E-state index contributed by atoms with van der Waals surface area (Å²) in [6, 6.07) is 0.785. The lowest BCUT2D eigenvalue weighted by atomic mass is 10.1. The molecule has 0 aliphatic heterocycles. The van der Waals surface area contributed by atoms with Crippen LogP contribution < -0.4 is 16.4 Å². The van der Waals surface area contributed by atoms with E-state index in [0.717, 1.165) is 17.8 Å². The number of carboxylic acid groups (broad SMARTS) is 2. The predicted octanol–water partition coefficient (Wildman–Crippen LogP) is -1.29. The first-order valence-electron chi connectivity index (χ1n) is 9.92. The Bertz CT molecular complexity index is 972. The fourth-order valence-electron chi connectivity index (χ4n) is 2.45. The molecule has 192 valence electrons. The number of aliphatic hydroxyl groups is 1. The first-order valence-corrected chi connectivity index (χ1v) is 10.9. The molecule has 35 heavy (non-hydrogen) atoms. The summed E-state index contributed by atoms with van der Waals surface area (Å²) in [6.45, 7) is -1.47. The molecule has 0 aliphatic rings. The number of nitrogens with two attached hydrogens (primary N) is 1. The molecule has 0 saturated carbocycles. The highest BCUT2D eigenvalue weighted by molar-refractivity contribution is 7.99. The number of benzene rings is 1. The monoisotopic (exact) mass is 516 g/mol. The molecule has 1 rings (SSSR count). The number of carbonyl (C=O) groups is 5. The van der Waals surface area contributed by atoms with E-state index < -0.39 is 65.6 Å². The Hall–Kier alpha value is -3.76. The summed E-state index contributed by atoms with van der Waals surface area (Å²) in [4.78, 5) is 68.7. The summed E-state index contributed by atoms with van der Waals surface area (Å²) in [5.74, 6) is -5.45. The van der Waals surface area contributed by atoms with Crippen LogP contribution in [0.5, 0.6) is 0 Å². The normalized spacial score (nSPS) is 12.2. The first kappa shape index (κ1) is 29.3. The van der Waals surface area contributed by atoms with Gasteiger partial charge < -0.3 is 36.4 Å². The quantitative estimate of drug-likeness (QED) is 0.0688. The second kappa shape index (κ2) is 14.5. The van der Waals surface area contributed by atoms with E-state index in [0.29, 0.717) is 0 Å². The Labute approximate surface area is 202 Å². The molecule has 16 heteroatoms. The largest absolute Gasteiger partial charge is 0.480 e. The fraction of sp³-hybridized carbons (Fsp3) is 0.421. The molecule has 0 fully saturated rings. The highest BCUT2D eigenvalue weighted by atomic mass is 32.2. The summed E-state index contributed by atoms with van der Waals surface area (Å²) < 4.78 is 4.71. The van der Waals surface area contributed by atoms with Gasteiger partial charge in [0.05, 0.1) is 22.0 Å². The van der Waals surface area contributed by atoms with Crippen molar-refractivity contribution in [3.63, 3.8) is 0 Å². The second-order valence-electron chi connectivity index (χ2n) is 6.83. The van der Waals surface area contributed by atoms with Crippen molar-refractivity contribution in [1.82, 2.24) is 10.6 Å². The van der Waals surface area contributed by atoms with E-state index in [1.807, 2.05) is 0 Å². The Morgan fingerprint density at radius 1 is 1.20 bits per heavy atom. The van der Waals surface area contributed by atoms with Crippen molar-refractivity contribution in [1.29, 1.82) is 0 Å². The molecule has 1 aromatic carbocycles. The highest BCUT2D eigenvalue weighted by Crippen LogP contribution is 2.31. The number of ether oxygens (including phenoxy) is 1. The van der Waals surface area contributed by atoms with E-state index in [2.05, 4.69) is 10.6 Å². The number of nitrogens with one attached hydrogen (secondary N) is 2. The number of esters is 1. The van der Waals surface area contributed by atoms with E-state index in [1.54, 1.807) is 0 Å². The van der Waals surface area contributed by atoms with Crippen LogP contribution in [0, 0.1) is 10.1 Å². The second-order valence-corrected chi connectivity index (χ2v) is 7.89. The number of aliphatic carboxylic acids is 2. The highest BCUT2D eigenvalue weighted by Gasteiger charge is 2.25. The number of aliphatic hydroxyl groups excluding tert-OH is 1. The lowest BCUT2D eigenvalue weighted by molar-refractivity contribution is -0.387. The van der Waals surface area contributed by atoms with Crippen molar-refractivity contribution in [2.24, 2.45) is 5.73 Å². The first-order chi connectivity index (χ1) is 16.5. The van der Waals surface area contributed by atoms with Crippen molar-refractivity contribution in [3.05, 3.63) is 33.9 Å². The average molecular weight is 516 g/mol. The number of carbonyl (C=O) groups excluding carboxylic acids is 3. The van der Waals surface area contributed by atoms with E-state index in [-0.39, 0.29) is 35.7 Å². The third-order valence-electron chi connectivity index (χ3n) is 4.19. The van der Waals surface area contributed by atoms with Crippen molar-refractivity contribution in [2.75, 3.05) is 25.5 Å². The van der Waals surface area contributed by atoms with Gasteiger partial charge in [-0.15, -0.1) is 11.8 Å². The molecular weight excluding hydrogens is 492 g/mol. The number of hydrogen-bond donors (Lipinski definition) is 6. The molecule has 0 bridgehead atoms. The number of nitrogens with zero attached hydrogens (tertiary/aromatic N) is 1. The van der Waals surface area contributed by atoms with Crippen molar-refractivity contribution in [3.8, 4) is 0 Å². The Balaban J connectivity index is 2.99. The third-order valence-corrected chi connectivity index (χ3v) is 5.34. The fourth-order valence-corrected chi connectivity index (χ4v) is 3.48. The number of nitro benzene ring substituents is 1. The van der Waals surface area contributed by atoms with Crippen LogP contribution in [0.25, 0.3) is 0 Å². The van der Waals surface area contributed by atoms with Crippen molar-refractivity contribution >= 4 is 47.2 Å². The number of amides is 2. The third kappa shape index (κ3) is 10.4. The molecule has 15 nitrogen and oxygen atoms in total. The molecule has 0 aliphatic carbocycles.